The number of piperidine rings is 1. The number of nitrogens with zero attached hydrogens (tertiary/aromatic N) is 3. The fraction of sp³-hybridized carbons (Fsp3) is 0.458. The quantitative estimate of drug-likeness (QED) is 0.389. The second-order valence-electron chi connectivity index (χ2n) is 8.41. The lowest BCUT2D eigenvalue weighted by atomic mass is 10.0. The zero-order valence-electron chi connectivity index (χ0n) is 18.3. The van der Waals surface area contributed by atoms with Crippen molar-refractivity contribution in [1.29, 1.82) is 0 Å². The van der Waals surface area contributed by atoms with Crippen molar-refractivity contribution in [3.8, 4) is 11.3 Å². The third kappa shape index (κ3) is 5.40. The van der Waals surface area contributed by atoms with E-state index >= 15 is 0 Å². The molecule has 2 aromatic heterocycles. The third-order valence-corrected chi connectivity index (χ3v) is 6.33. The van der Waals surface area contributed by atoms with Crippen molar-refractivity contribution in [2.24, 2.45) is 5.73 Å². The minimum Gasteiger partial charge on any atom is -0.360 e. The van der Waals surface area contributed by atoms with Crippen LogP contribution in [0.3, 0.4) is 0 Å². The molecular weight excluding hydrogens is 424 g/mol. The SMILES string of the molecule is NCCCCCCCN1CC(Nc2ncc(Cl)c(-c3c[nH]c4ccccc34)n2)CCC1=O. The van der Waals surface area contributed by atoms with Crippen LogP contribution in [0.2, 0.25) is 5.02 Å². The molecule has 8 heteroatoms. The van der Waals surface area contributed by atoms with E-state index in [4.69, 9.17) is 22.3 Å². The van der Waals surface area contributed by atoms with Crippen LogP contribution in [0.25, 0.3) is 22.2 Å². The maximum absolute atomic E-state index is 12.4. The fourth-order valence-electron chi connectivity index (χ4n) is 4.30. The number of rotatable bonds is 10. The molecule has 4 N–H and O–H groups in total. The van der Waals surface area contributed by atoms with Crippen LogP contribution >= 0.6 is 11.6 Å². The fourth-order valence-corrected chi connectivity index (χ4v) is 4.49. The number of para-hydroxylation sites is 1. The number of carbonyl (C=O) groups is 1. The van der Waals surface area contributed by atoms with E-state index in [1.165, 1.54) is 12.8 Å². The van der Waals surface area contributed by atoms with Crippen molar-refractivity contribution in [2.75, 3.05) is 25.0 Å². The summed E-state index contributed by atoms with van der Waals surface area (Å²) in [5.74, 6) is 0.775. The predicted octanol–water partition coefficient (Wildman–Crippen LogP) is 4.59. The van der Waals surface area contributed by atoms with Crippen molar-refractivity contribution in [3.63, 3.8) is 0 Å². The summed E-state index contributed by atoms with van der Waals surface area (Å²) in [6.45, 7) is 2.24. The summed E-state index contributed by atoms with van der Waals surface area (Å²) < 4.78 is 0. The van der Waals surface area contributed by atoms with E-state index in [0.717, 1.165) is 55.2 Å². The Bertz CT molecular complexity index is 1050. The lowest BCUT2D eigenvalue weighted by Crippen LogP contribution is -2.46. The molecule has 1 atom stereocenters. The molecule has 4 rings (SSSR count). The molecule has 170 valence electrons. The summed E-state index contributed by atoms with van der Waals surface area (Å²) in [5, 5.41) is 5.01. The Labute approximate surface area is 193 Å². The molecule has 0 radical (unpaired) electrons. The van der Waals surface area contributed by atoms with Gasteiger partial charge in [0, 0.05) is 48.2 Å². The van der Waals surface area contributed by atoms with Gasteiger partial charge in [-0.15, -0.1) is 0 Å². The molecule has 1 saturated heterocycles. The molecular formula is C24H31ClN6O. The standard InChI is InChI=1S/C24H31ClN6O/c25-20-15-28-24(30-23(20)19-14-27-21-9-5-4-8-18(19)21)29-17-10-11-22(32)31(16-17)13-7-3-1-2-6-12-26/h4-5,8-9,14-15,17,27H,1-3,6-7,10-13,16,26H2,(H,28,29,30). The summed E-state index contributed by atoms with van der Waals surface area (Å²) in [6, 6.07) is 8.20. The maximum atomic E-state index is 12.4. The summed E-state index contributed by atoms with van der Waals surface area (Å²) in [5.41, 5.74) is 8.23. The van der Waals surface area contributed by atoms with Crippen molar-refractivity contribution < 1.29 is 4.79 Å². The number of unbranched alkanes of at least 4 members (excludes halogenated alkanes) is 4. The minimum atomic E-state index is 0.127. The van der Waals surface area contributed by atoms with E-state index in [9.17, 15) is 4.79 Å². The van der Waals surface area contributed by atoms with E-state index in [1.54, 1.807) is 6.20 Å². The number of carbonyl (C=O) groups excluding carboxylic acids is 1. The van der Waals surface area contributed by atoms with E-state index in [0.29, 0.717) is 29.6 Å². The minimum absolute atomic E-state index is 0.127. The van der Waals surface area contributed by atoms with Crippen molar-refractivity contribution >= 4 is 34.4 Å². The van der Waals surface area contributed by atoms with Gasteiger partial charge in [0.25, 0.3) is 0 Å². The Morgan fingerprint density at radius 1 is 1.19 bits per heavy atom. The smallest absolute Gasteiger partial charge is 0.223 e. The lowest BCUT2D eigenvalue weighted by Gasteiger charge is -2.33. The number of H-pyrrole nitrogens is 1. The van der Waals surface area contributed by atoms with Crippen LogP contribution in [-0.4, -0.2) is 51.4 Å². The Kier molecular flexibility index (Phi) is 7.60. The molecule has 7 nitrogen and oxygen atoms in total. The maximum Gasteiger partial charge on any atom is 0.223 e. The first-order valence-electron chi connectivity index (χ1n) is 11.5. The molecule has 1 aliphatic heterocycles. The van der Waals surface area contributed by atoms with Crippen LogP contribution < -0.4 is 11.1 Å². The molecule has 3 heterocycles. The monoisotopic (exact) mass is 454 g/mol. The third-order valence-electron chi connectivity index (χ3n) is 6.05. The van der Waals surface area contributed by atoms with Crippen LogP contribution in [0.4, 0.5) is 5.95 Å². The second-order valence-corrected chi connectivity index (χ2v) is 8.82. The van der Waals surface area contributed by atoms with Gasteiger partial charge in [-0.25, -0.2) is 9.97 Å². The topological polar surface area (TPSA) is 99.9 Å². The number of likely N-dealkylation sites (tertiary alicyclic amines) is 1. The highest BCUT2D eigenvalue weighted by molar-refractivity contribution is 6.33. The van der Waals surface area contributed by atoms with E-state index < -0.39 is 0 Å². The average molecular weight is 455 g/mol. The number of nitrogens with two attached hydrogens (primary N) is 1. The van der Waals surface area contributed by atoms with Gasteiger partial charge >= 0.3 is 0 Å². The summed E-state index contributed by atoms with van der Waals surface area (Å²) in [7, 11) is 0. The Morgan fingerprint density at radius 3 is 2.88 bits per heavy atom. The van der Waals surface area contributed by atoms with Crippen LogP contribution in [-0.2, 0) is 4.79 Å². The Balaban J connectivity index is 1.39. The number of aromatic amines is 1. The number of hydrogen-bond acceptors (Lipinski definition) is 5. The molecule has 1 aliphatic rings. The zero-order valence-corrected chi connectivity index (χ0v) is 19.1. The van der Waals surface area contributed by atoms with Crippen molar-refractivity contribution in [2.45, 2.75) is 51.0 Å². The average Bonchev–Trinajstić information content (AvgIpc) is 3.23. The molecule has 1 fully saturated rings. The van der Waals surface area contributed by atoms with E-state index in [2.05, 4.69) is 15.3 Å². The molecule has 0 spiro atoms. The summed E-state index contributed by atoms with van der Waals surface area (Å²) >= 11 is 6.45. The van der Waals surface area contributed by atoms with Crippen molar-refractivity contribution in [1.82, 2.24) is 19.9 Å². The van der Waals surface area contributed by atoms with Gasteiger partial charge in [0.1, 0.15) is 0 Å². The molecule has 1 unspecified atom stereocenters. The first-order chi connectivity index (χ1) is 15.7. The molecule has 0 saturated carbocycles. The van der Waals surface area contributed by atoms with Gasteiger partial charge in [-0.3, -0.25) is 4.79 Å². The molecule has 1 amide bonds. The predicted molar refractivity (Wildman–Crippen MR) is 130 cm³/mol. The molecule has 1 aromatic carbocycles. The highest BCUT2D eigenvalue weighted by atomic mass is 35.5. The number of nitrogens with one attached hydrogen (secondary N) is 2. The first-order valence-corrected chi connectivity index (χ1v) is 11.9. The highest BCUT2D eigenvalue weighted by Gasteiger charge is 2.26. The first kappa shape index (κ1) is 22.6. The number of halogens is 1. The molecule has 32 heavy (non-hydrogen) atoms. The Morgan fingerprint density at radius 2 is 2.00 bits per heavy atom. The van der Waals surface area contributed by atoms with Crippen LogP contribution in [0, 0.1) is 0 Å². The number of amides is 1. The lowest BCUT2D eigenvalue weighted by molar-refractivity contribution is -0.133. The normalized spacial score (nSPS) is 16.6. The van der Waals surface area contributed by atoms with E-state index in [-0.39, 0.29) is 11.9 Å². The van der Waals surface area contributed by atoms with Crippen LogP contribution in [0.5, 0.6) is 0 Å². The van der Waals surface area contributed by atoms with Gasteiger partial charge in [-0.05, 0) is 31.9 Å². The summed E-state index contributed by atoms with van der Waals surface area (Å²) in [4.78, 5) is 26.7. The molecule has 0 bridgehead atoms. The van der Waals surface area contributed by atoms with E-state index in [1.807, 2.05) is 35.4 Å². The number of hydrogen-bond donors (Lipinski definition) is 3. The van der Waals surface area contributed by atoms with Gasteiger partial charge in [-0.1, -0.05) is 49.1 Å². The van der Waals surface area contributed by atoms with Crippen molar-refractivity contribution in [3.05, 3.63) is 41.7 Å². The van der Waals surface area contributed by atoms with Gasteiger partial charge in [0.2, 0.25) is 11.9 Å². The van der Waals surface area contributed by atoms with Crippen LogP contribution in [0.15, 0.2) is 36.7 Å². The second kappa shape index (κ2) is 10.8. The zero-order chi connectivity index (χ0) is 22.3. The van der Waals surface area contributed by atoms with Gasteiger partial charge in [-0.2, -0.15) is 0 Å². The Hall–Kier alpha value is -2.64. The van der Waals surface area contributed by atoms with Crippen LogP contribution in [0.1, 0.15) is 44.9 Å². The van der Waals surface area contributed by atoms with Gasteiger partial charge in [0.15, 0.2) is 0 Å². The number of anilines is 1. The molecule has 3 aromatic rings. The summed E-state index contributed by atoms with van der Waals surface area (Å²) in [6.07, 6.45) is 10.5. The number of aromatic nitrogens is 3. The highest BCUT2D eigenvalue weighted by Crippen LogP contribution is 2.32. The van der Waals surface area contributed by atoms with Gasteiger partial charge < -0.3 is 20.9 Å². The largest absolute Gasteiger partial charge is 0.360 e. The molecule has 0 aliphatic carbocycles. The van der Waals surface area contributed by atoms with Gasteiger partial charge in [0.05, 0.1) is 16.9 Å². The number of benzene rings is 1. The number of fused-ring (bicyclic) bond motifs is 1.